The summed E-state index contributed by atoms with van der Waals surface area (Å²) in [6.45, 7) is 3.48. The highest BCUT2D eigenvalue weighted by Crippen LogP contribution is 2.35. The number of para-hydroxylation sites is 1. The van der Waals surface area contributed by atoms with E-state index in [1.54, 1.807) is 24.3 Å². The molecule has 0 radical (unpaired) electrons. The molecule has 3 aromatic carbocycles. The molecule has 34 heavy (non-hydrogen) atoms. The summed E-state index contributed by atoms with van der Waals surface area (Å²) in [6.07, 6.45) is 1.37. The number of nitriles is 1. The van der Waals surface area contributed by atoms with E-state index in [-0.39, 0.29) is 33.9 Å². The molecular weight excluding hydrogens is 473 g/mol. The fourth-order valence-electron chi connectivity index (χ4n) is 3.07. The predicted octanol–water partition coefficient (Wildman–Crippen LogP) is 6.17. The molecule has 0 saturated carbocycles. The summed E-state index contributed by atoms with van der Waals surface area (Å²) < 4.78 is 5.52. The second kappa shape index (κ2) is 11.4. The lowest BCUT2D eigenvalue weighted by Crippen LogP contribution is -2.20. The van der Waals surface area contributed by atoms with Gasteiger partial charge in [-0.05, 0) is 66.9 Å². The third-order valence-electron chi connectivity index (χ3n) is 4.74. The number of rotatable bonds is 7. The minimum absolute atomic E-state index is 0.125. The molecule has 0 saturated heterocycles. The van der Waals surface area contributed by atoms with Crippen LogP contribution >= 0.6 is 23.2 Å². The van der Waals surface area contributed by atoms with Crippen LogP contribution in [0.1, 0.15) is 16.7 Å². The van der Waals surface area contributed by atoms with E-state index in [4.69, 9.17) is 27.9 Å². The van der Waals surface area contributed by atoms with E-state index in [2.05, 4.69) is 10.6 Å². The molecule has 0 fully saturated rings. The highest BCUT2D eigenvalue weighted by molar-refractivity contribution is 6.37. The van der Waals surface area contributed by atoms with Crippen LogP contribution in [0.2, 0.25) is 10.0 Å². The van der Waals surface area contributed by atoms with Gasteiger partial charge in [-0.3, -0.25) is 9.59 Å². The van der Waals surface area contributed by atoms with Crippen molar-refractivity contribution in [2.24, 2.45) is 0 Å². The molecule has 0 aliphatic heterocycles. The van der Waals surface area contributed by atoms with Crippen molar-refractivity contribution >= 4 is 52.5 Å². The van der Waals surface area contributed by atoms with Crippen LogP contribution in [0.4, 0.5) is 11.4 Å². The second-order valence-corrected chi connectivity index (χ2v) is 8.27. The summed E-state index contributed by atoms with van der Waals surface area (Å²) in [5.41, 5.74) is 3.46. The van der Waals surface area contributed by atoms with E-state index >= 15 is 0 Å². The minimum Gasteiger partial charge on any atom is -0.481 e. The number of aryl methyl sites for hydroxylation is 2. The fourth-order valence-corrected chi connectivity index (χ4v) is 3.69. The van der Waals surface area contributed by atoms with E-state index in [1.807, 2.05) is 44.2 Å². The summed E-state index contributed by atoms with van der Waals surface area (Å²) >= 11 is 12.6. The van der Waals surface area contributed by atoms with Crippen LogP contribution in [0.15, 0.2) is 66.2 Å². The molecule has 0 aromatic heterocycles. The van der Waals surface area contributed by atoms with Crippen LogP contribution in [-0.2, 0) is 9.59 Å². The molecule has 0 spiro atoms. The summed E-state index contributed by atoms with van der Waals surface area (Å²) in [6, 6.07) is 19.5. The average Bonchev–Trinajstić information content (AvgIpc) is 2.78. The summed E-state index contributed by atoms with van der Waals surface area (Å²) in [4.78, 5) is 24.8. The molecule has 0 atom stereocenters. The Kier molecular flexibility index (Phi) is 8.31. The third-order valence-corrected chi connectivity index (χ3v) is 5.30. The van der Waals surface area contributed by atoms with E-state index in [0.717, 1.165) is 11.1 Å². The average molecular weight is 494 g/mol. The molecular formula is C26H21Cl2N3O3. The number of carbonyl (C=O) groups is 2. The van der Waals surface area contributed by atoms with Crippen LogP contribution < -0.4 is 15.4 Å². The first-order valence-corrected chi connectivity index (χ1v) is 11.0. The smallest absolute Gasteiger partial charge is 0.266 e. The first-order valence-electron chi connectivity index (χ1n) is 10.2. The van der Waals surface area contributed by atoms with Gasteiger partial charge < -0.3 is 15.4 Å². The summed E-state index contributed by atoms with van der Waals surface area (Å²) in [7, 11) is 0. The number of anilines is 2. The Hall–Kier alpha value is -3.79. The van der Waals surface area contributed by atoms with Crippen molar-refractivity contribution in [2.45, 2.75) is 13.8 Å². The molecule has 3 aromatic rings. The maximum absolute atomic E-state index is 12.5. The Morgan fingerprint density at radius 1 is 1.00 bits per heavy atom. The van der Waals surface area contributed by atoms with Crippen molar-refractivity contribution in [3.05, 3.63) is 93.0 Å². The summed E-state index contributed by atoms with van der Waals surface area (Å²) in [5, 5.41) is 15.2. The predicted molar refractivity (Wildman–Crippen MR) is 135 cm³/mol. The van der Waals surface area contributed by atoms with Crippen molar-refractivity contribution in [1.82, 2.24) is 0 Å². The first-order chi connectivity index (χ1) is 16.3. The van der Waals surface area contributed by atoms with Crippen LogP contribution in [0, 0.1) is 25.2 Å². The molecule has 2 amide bonds. The van der Waals surface area contributed by atoms with Gasteiger partial charge in [0.15, 0.2) is 12.4 Å². The Labute approximate surface area is 207 Å². The molecule has 0 unspecified atom stereocenters. The third kappa shape index (κ3) is 6.61. The Bertz CT molecular complexity index is 1290. The van der Waals surface area contributed by atoms with Gasteiger partial charge >= 0.3 is 0 Å². The van der Waals surface area contributed by atoms with Gasteiger partial charge in [0.2, 0.25) is 0 Å². The van der Waals surface area contributed by atoms with E-state index in [1.165, 1.54) is 18.2 Å². The van der Waals surface area contributed by atoms with Crippen molar-refractivity contribution in [2.75, 3.05) is 17.2 Å². The molecule has 6 nitrogen and oxygen atoms in total. The van der Waals surface area contributed by atoms with Crippen LogP contribution in [0.25, 0.3) is 6.08 Å². The zero-order valence-corrected chi connectivity index (χ0v) is 20.0. The first kappa shape index (κ1) is 24.8. The normalized spacial score (nSPS) is 10.9. The van der Waals surface area contributed by atoms with Crippen LogP contribution in [0.5, 0.6) is 5.75 Å². The second-order valence-electron chi connectivity index (χ2n) is 7.46. The number of nitrogens with one attached hydrogen (secondary N) is 2. The fraction of sp³-hybridized carbons (Fsp3) is 0.115. The lowest BCUT2D eigenvalue weighted by molar-refractivity contribution is -0.118. The number of nitrogens with zero attached hydrogens (tertiary/aromatic N) is 1. The zero-order valence-electron chi connectivity index (χ0n) is 18.5. The standard InChI is InChI=1S/C26H21Cl2N3O3/c1-16-6-5-8-20(10-16)30-26(33)19(14-29)11-18-12-21(27)25(22(28)13-18)34-15-24(32)31-23-9-4-3-7-17(23)2/h3-13H,15H2,1-2H3,(H,30,33)(H,31,32)/b19-11+. The number of benzene rings is 3. The van der Waals surface area contributed by atoms with Crippen LogP contribution in [0.3, 0.4) is 0 Å². The largest absolute Gasteiger partial charge is 0.481 e. The summed E-state index contributed by atoms with van der Waals surface area (Å²) in [5.74, 6) is -0.804. The van der Waals surface area contributed by atoms with Gasteiger partial charge in [-0.1, -0.05) is 53.5 Å². The van der Waals surface area contributed by atoms with E-state index in [9.17, 15) is 14.9 Å². The van der Waals surface area contributed by atoms with E-state index < -0.39 is 5.91 Å². The lowest BCUT2D eigenvalue weighted by Gasteiger charge is -2.12. The molecule has 2 N–H and O–H groups in total. The molecule has 0 aliphatic carbocycles. The zero-order chi connectivity index (χ0) is 24.7. The number of halogens is 2. The number of ether oxygens (including phenoxy) is 1. The maximum Gasteiger partial charge on any atom is 0.266 e. The van der Waals surface area contributed by atoms with Gasteiger partial charge in [-0.2, -0.15) is 5.26 Å². The van der Waals surface area contributed by atoms with Gasteiger partial charge in [0.05, 0.1) is 10.0 Å². The van der Waals surface area contributed by atoms with Crippen LogP contribution in [-0.4, -0.2) is 18.4 Å². The van der Waals surface area contributed by atoms with Gasteiger partial charge in [0.1, 0.15) is 11.6 Å². The molecule has 172 valence electrons. The number of carbonyl (C=O) groups excluding carboxylic acids is 2. The monoisotopic (exact) mass is 493 g/mol. The van der Waals surface area contributed by atoms with Crippen molar-refractivity contribution in [1.29, 1.82) is 5.26 Å². The van der Waals surface area contributed by atoms with Crippen molar-refractivity contribution in [3.8, 4) is 11.8 Å². The lowest BCUT2D eigenvalue weighted by atomic mass is 10.1. The highest BCUT2D eigenvalue weighted by atomic mass is 35.5. The Balaban J connectivity index is 1.70. The maximum atomic E-state index is 12.5. The molecule has 3 rings (SSSR count). The number of hydrogen-bond donors (Lipinski definition) is 2. The molecule has 0 heterocycles. The Morgan fingerprint density at radius 3 is 2.35 bits per heavy atom. The van der Waals surface area contributed by atoms with Gasteiger partial charge in [0, 0.05) is 11.4 Å². The molecule has 8 heteroatoms. The van der Waals surface area contributed by atoms with Gasteiger partial charge in [0.25, 0.3) is 11.8 Å². The molecule has 0 bridgehead atoms. The quantitative estimate of drug-likeness (QED) is 0.304. The number of amides is 2. The van der Waals surface area contributed by atoms with Crippen molar-refractivity contribution < 1.29 is 14.3 Å². The van der Waals surface area contributed by atoms with E-state index in [0.29, 0.717) is 16.9 Å². The van der Waals surface area contributed by atoms with Gasteiger partial charge in [-0.25, -0.2) is 0 Å². The Morgan fingerprint density at radius 2 is 1.71 bits per heavy atom. The molecule has 0 aliphatic rings. The SMILES string of the molecule is Cc1cccc(NC(=O)/C(C#N)=C/c2cc(Cl)c(OCC(=O)Nc3ccccc3C)c(Cl)c2)c1. The highest BCUT2D eigenvalue weighted by Gasteiger charge is 2.14. The van der Waals surface area contributed by atoms with Gasteiger partial charge in [-0.15, -0.1) is 0 Å². The van der Waals surface area contributed by atoms with Crippen molar-refractivity contribution in [3.63, 3.8) is 0 Å². The topological polar surface area (TPSA) is 91.2 Å². The minimum atomic E-state index is -0.562. The number of hydrogen-bond acceptors (Lipinski definition) is 4.